The van der Waals surface area contributed by atoms with Gasteiger partial charge in [0.25, 0.3) is 11.5 Å². The summed E-state index contributed by atoms with van der Waals surface area (Å²) in [7, 11) is 0. The highest BCUT2D eigenvalue weighted by Crippen LogP contribution is 2.29. The first-order valence-corrected chi connectivity index (χ1v) is 13.0. The molecule has 2 aliphatic rings. The summed E-state index contributed by atoms with van der Waals surface area (Å²) in [6.45, 7) is 8.50. The molecule has 2 aliphatic heterocycles. The number of aromatic nitrogens is 2. The molecule has 1 fully saturated rings. The molecule has 1 unspecified atom stereocenters. The first-order chi connectivity index (χ1) is 16.5. The number of rotatable bonds is 5. The van der Waals surface area contributed by atoms with Crippen molar-refractivity contribution >= 4 is 27.5 Å². The topological polar surface area (TPSA) is 76.5 Å². The highest BCUT2D eigenvalue weighted by molar-refractivity contribution is 7.20. The second-order valence-electron chi connectivity index (χ2n) is 9.38. The van der Waals surface area contributed by atoms with Gasteiger partial charge in [-0.05, 0) is 37.8 Å². The molecular formula is C26H32N4O3S. The molecule has 8 heteroatoms. The molecular weight excluding hydrogens is 448 g/mol. The molecule has 2 aromatic heterocycles. The largest absolute Gasteiger partial charge is 0.379 e. The van der Waals surface area contributed by atoms with E-state index in [4.69, 9.17) is 9.72 Å². The summed E-state index contributed by atoms with van der Waals surface area (Å²) >= 11 is 1.34. The summed E-state index contributed by atoms with van der Waals surface area (Å²) in [4.78, 5) is 35.2. The zero-order valence-electron chi connectivity index (χ0n) is 19.9. The first kappa shape index (κ1) is 23.2. The van der Waals surface area contributed by atoms with Gasteiger partial charge in [-0.25, -0.2) is 4.98 Å². The Kier molecular flexibility index (Phi) is 6.81. The zero-order valence-corrected chi connectivity index (χ0v) is 20.7. The molecule has 0 radical (unpaired) electrons. The Morgan fingerprint density at radius 1 is 1.12 bits per heavy atom. The summed E-state index contributed by atoms with van der Waals surface area (Å²) in [5.74, 6) is 0.715. The van der Waals surface area contributed by atoms with E-state index in [1.54, 1.807) is 0 Å². The fourth-order valence-electron chi connectivity index (χ4n) is 4.93. The highest BCUT2D eigenvalue weighted by Gasteiger charge is 2.25. The van der Waals surface area contributed by atoms with Crippen LogP contribution >= 0.6 is 11.3 Å². The van der Waals surface area contributed by atoms with Crippen molar-refractivity contribution in [3.8, 4) is 0 Å². The minimum Gasteiger partial charge on any atom is -0.379 e. The predicted octanol–water partition coefficient (Wildman–Crippen LogP) is 3.60. The van der Waals surface area contributed by atoms with Gasteiger partial charge in [0.2, 0.25) is 0 Å². The minimum absolute atomic E-state index is 0.00176. The number of carbonyl (C=O) groups is 1. The molecule has 34 heavy (non-hydrogen) atoms. The lowest BCUT2D eigenvalue weighted by Crippen LogP contribution is -2.43. The molecule has 1 saturated heterocycles. The number of carbonyl (C=O) groups excluding carboxylic acids is 1. The molecule has 0 bridgehead atoms. The molecule has 1 N–H and O–H groups in total. The van der Waals surface area contributed by atoms with Crippen molar-refractivity contribution in [2.45, 2.75) is 52.1 Å². The van der Waals surface area contributed by atoms with Gasteiger partial charge >= 0.3 is 0 Å². The van der Waals surface area contributed by atoms with E-state index < -0.39 is 0 Å². The smallest absolute Gasteiger partial charge is 0.262 e. The number of aryl methyl sites for hydroxylation is 3. The molecule has 0 saturated carbocycles. The predicted molar refractivity (Wildman–Crippen MR) is 135 cm³/mol. The van der Waals surface area contributed by atoms with Gasteiger partial charge < -0.3 is 10.1 Å². The SMILES string of the molecule is Cc1ccc(C(CN2CCOCC2)NC(=O)c2sc3nc4n(c(=O)c3c2C)CCCCC4)cc1. The maximum atomic E-state index is 13.5. The van der Waals surface area contributed by atoms with Gasteiger partial charge in [-0.3, -0.25) is 19.1 Å². The number of nitrogens with one attached hydrogen (secondary N) is 1. The Balaban J connectivity index is 1.46. The highest BCUT2D eigenvalue weighted by atomic mass is 32.1. The number of fused-ring (bicyclic) bond motifs is 2. The van der Waals surface area contributed by atoms with Crippen molar-refractivity contribution in [3.63, 3.8) is 0 Å². The van der Waals surface area contributed by atoms with Crippen LogP contribution in [0.15, 0.2) is 29.1 Å². The fraction of sp³-hybridized carbons (Fsp3) is 0.500. The van der Waals surface area contributed by atoms with Crippen LogP contribution in [0.4, 0.5) is 0 Å². The van der Waals surface area contributed by atoms with E-state index in [0.29, 0.717) is 34.9 Å². The normalized spacial score (nSPS) is 17.8. The zero-order chi connectivity index (χ0) is 23.7. The second kappa shape index (κ2) is 9.98. The van der Waals surface area contributed by atoms with Gasteiger partial charge in [0.1, 0.15) is 10.7 Å². The third-order valence-corrected chi connectivity index (χ3v) is 8.13. The first-order valence-electron chi connectivity index (χ1n) is 12.2. The molecule has 5 rings (SSSR count). The van der Waals surface area contributed by atoms with Crippen molar-refractivity contribution in [2.75, 3.05) is 32.8 Å². The van der Waals surface area contributed by atoms with Crippen LogP contribution in [0, 0.1) is 13.8 Å². The van der Waals surface area contributed by atoms with Crippen molar-refractivity contribution in [1.29, 1.82) is 0 Å². The van der Waals surface area contributed by atoms with Crippen molar-refractivity contribution in [2.24, 2.45) is 0 Å². The van der Waals surface area contributed by atoms with Crippen molar-refractivity contribution < 1.29 is 9.53 Å². The van der Waals surface area contributed by atoms with Crippen LogP contribution < -0.4 is 10.9 Å². The number of morpholine rings is 1. The van der Waals surface area contributed by atoms with Crippen LogP contribution in [0.5, 0.6) is 0 Å². The number of benzene rings is 1. The second-order valence-corrected chi connectivity index (χ2v) is 10.4. The van der Waals surface area contributed by atoms with E-state index in [9.17, 15) is 9.59 Å². The van der Waals surface area contributed by atoms with Gasteiger partial charge in [0.05, 0.1) is 29.5 Å². The lowest BCUT2D eigenvalue weighted by Gasteiger charge is -2.31. The Hall–Kier alpha value is -2.55. The average molecular weight is 481 g/mol. The molecule has 4 heterocycles. The van der Waals surface area contributed by atoms with Gasteiger partial charge in [-0.2, -0.15) is 0 Å². The number of thiophene rings is 1. The number of ether oxygens (including phenoxy) is 1. The van der Waals surface area contributed by atoms with Gasteiger partial charge in [0.15, 0.2) is 0 Å². The third kappa shape index (κ3) is 4.67. The third-order valence-electron chi connectivity index (χ3n) is 6.95. The minimum atomic E-state index is -0.151. The molecule has 1 aromatic carbocycles. The van der Waals surface area contributed by atoms with Crippen LogP contribution in [0.2, 0.25) is 0 Å². The van der Waals surface area contributed by atoms with Gasteiger partial charge in [-0.15, -0.1) is 11.3 Å². The molecule has 7 nitrogen and oxygen atoms in total. The van der Waals surface area contributed by atoms with Crippen LogP contribution in [-0.2, 0) is 17.7 Å². The molecule has 3 aromatic rings. The van der Waals surface area contributed by atoms with E-state index in [0.717, 1.165) is 62.3 Å². The molecule has 1 atom stereocenters. The summed E-state index contributed by atoms with van der Waals surface area (Å²) in [5.41, 5.74) is 3.00. The summed E-state index contributed by atoms with van der Waals surface area (Å²) < 4.78 is 7.32. The van der Waals surface area contributed by atoms with E-state index in [1.807, 2.05) is 11.5 Å². The van der Waals surface area contributed by atoms with E-state index in [-0.39, 0.29) is 17.5 Å². The lowest BCUT2D eigenvalue weighted by molar-refractivity contribution is 0.0332. The lowest BCUT2D eigenvalue weighted by atomic mass is 10.0. The Morgan fingerprint density at radius 3 is 2.65 bits per heavy atom. The van der Waals surface area contributed by atoms with Crippen LogP contribution in [0.3, 0.4) is 0 Å². The van der Waals surface area contributed by atoms with E-state index >= 15 is 0 Å². The number of nitrogens with zero attached hydrogens (tertiary/aromatic N) is 3. The molecule has 180 valence electrons. The summed E-state index contributed by atoms with van der Waals surface area (Å²) in [6, 6.07) is 8.18. The monoisotopic (exact) mass is 480 g/mol. The van der Waals surface area contributed by atoms with Gasteiger partial charge in [-0.1, -0.05) is 36.2 Å². The quantitative estimate of drug-likeness (QED) is 0.604. The number of hydrogen-bond donors (Lipinski definition) is 1. The Morgan fingerprint density at radius 2 is 1.88 bits per heavy atom. The van der Waals surface area contributed by atoms with E-state index in [1.165, 1.54) is 16.9 Å². The van der Waals surface area contributed by atoms with Crippen LogP contribution in [0.25, 0.3) is 10.2 Å². The summed E-state index contributed by atoms with van der Waals surface area (Å²) in [5, 5.41) is 3.87. The van der Waals surface area contributed by atoms with Crippen LogP contribution in [-0.4, -0.2) is 53.2 Å². The number of amides is 1. The fourth-order valence-corrected chi connectivity index (χ4v) is 6.02. The summed E-state index contributed by atoms with van der Waals surface area (Å²) in [6.07, 6.45) is 3.98. The van der Waals surface area contributed by atoms with Crippen molar-refractivity contribution in [3.05, 3.63) is 62.0 Å². The standard InChI is InChI=1S/C26H32N4O3S/c1-17-7-9-19(10-8-17)20(16-29-12-14-33-15-13-29)27-24(31)23-18(2)22-25(34-23)28-21-6-4-3-5-11-30(21)26(22)32/h7-10,20H,3-6,11-16H2,1-2H3,(H,27,31). The van der Waals surface area contributed by atoms with Crippen molar-refractivity contribution in [1.82, 2.24) is 19.8 Å². The maximum Gasteiger partial charge on any atom is 0.262 e. The Bertz CT molecular complexity index is 1240. The maximum absolute atomic E-state index is 13.5. The van der Waals surface area contributed by atoms with E-state index in [2.05, 4.69) is 41.4 Å². The van der Waals surface area contributed by atoms with Crippen LogP contribution in [0.1, 0.15) is 57.5 Å². The Labute approximate surface area is 203 Å². The molecule has 1 amide bonds. The van der Waals surface area contributed by atoms with Gasteiger partial charge in [0, 0.05) is 32.6 Å². The number of hydrogen-bond acceptors (Lipinski definition) is 6. The average Bonchev–Trinajstić information content (AvgIpc) is 3.00. The molecule has 0 spiro atoms. The molecule has 0 aliphatic carbocycles.